The van der Waals surface area contributed by atoms with Crippen molar-refractivity contribution in [3.63, 3.8) is 0 Å². The zero-order valence-corrected chi connectivity index (χ0v) is 16.9. The van der Waals surface area contributed by atoms with Crippen LogP contribution in [0.4, 0.5) is 0 Å². The molecule has 0 aliphatic carbocycles. The van der Waals surface area contributed by atoms with E-state index >= 15 is 0 Å². The number of halogens is 1. The van der Waals surface area contributed by atoms with Crippen molar-refractivity contribution in [2.75, 3.05) is 20.1 Å². The van der Waals surface area contributed by atoms with Gasteiger partial charge >= 0.3 is 0 Å². The van der Waals surface area contributed by atoms with Crippen LogP contribution in [-0.2, 0) is 11.5 Å². The van der Waals surface area contributed by atoms with Gasteiger partial charge in [0.1, 0.15) is 4.88 Å². The Bertz CT molecular complexity index is 979. The summed E-state index contributed by atoms with van der Waals surface area (Å²) in [6, 6.07) is 7.87. The molecule has 138 valence electrons. The molecule has 0 radical (unpaired) electrons. The maximum absolute atomic E-state index is 11.8. The second kappa shape index (κ2) is 8.30. The average Bonchev–Trinajstić information content (AvgIpc) is 3.14. The molecule has 0 fully saturated rings. The van der Waals surface area contributed by atoms with Gasteiger partial charge < -0.3 is 9.73 Å². The number of carbonyl (C=O) groups excluding carboxylic acids is 1. The molecule has 0 unspecified atom stereocenters. The molecule has 1 aromatic carbocycles. The lowest BCUT2D eigenvalue weighted by molar-refractivity contribution is -0.122. The number of aromatic nitrogens is 2. The Labute approximate surface area is 165 Å². The highest BCUT2D eigenvalue weighted by molar-refractivity contribution is 7.71. The monoisotopic (exact) mass is 410 g/mol. The minimum absolute atomic E-state index is 0.0304. The number of likely N-dealkylation sites (N-methyl/N-ethyl adjacent to an activating group) is 1. The van der Waals surface area contributed by atoms with Crippen LogP contribution in [0.1, 0.15) is 13.3 Å². The van der Waals surface area contributed by atoms with Crippen molar-refractivity contribution in [1.29, 1.82) is 0 Å². The largest absolute Gasteiger partial charge is 0.408 e. The van der Waals surface area contributed by atoms with Crippen LogP contribution in [0, 0.1) is 4.84 Å². The molecule has 0 aliphatic heterocycles. The third-order valence-electron chi connectivity index (χ3n) is 3.70. The van der Waals surface area contributed by atoms with E-state index in [9.17, 15) is 4.79 Å². The fourth-order valence-corrected chi connectivity index (χ4v) is 4.09. The molecule has 0 aliphatic rings. The summed E-state index contributed by atoms with van der Waals surface area (Å²) in [4.78, 5) is 14.6. The molecule has 0 atom stereocenters. The van der Waals surface area contributed by atoms with Crippen LogP contribution in [0.15, 0.2) is 28.7 Å². The van der Waals surface area contributed by atoms with E-state index < -0.39 is 0 Å². The lowest BCUT2D eigenvalue weighted by Crippen LogP contribution is -2.36. The van der Waals surface area contributed by atoms with Crippen molar-refractivity contribution >= 4 is 51.1 Å². The lowest BCUT2D eigenvalue weighted by atomic mass is 10.2. The highest BCUT2D eigenvalue weighted by atomic mass is 35.5. The summed E-state index contributed by atoms with van der Waals surface area (Å²) in [6.45, 7) is 3.29. The summed E-state index contributed by atoms with van der Waals surface area (Å²) in [7, 11) is 1.83. The lowest BCUT2D eigenvalue weighted by Gasteiger charge is -2.15. The van der Waals surface area contributed by atoms with Gasteiger partial charge in [-0.05, 0) is 31.8 Å². The standard InChI is InChI=1S/C17H19ClN4O2S2/c1-3-8-19-13(23)9-21(2)10-22-17(25)24-16(20-22)15-14(18)11-6-4-5-7-12(11)26-15/h4-7H,3,8-10H2,1-2H3,(H,19,23). The van der Waals surface area contributed by atoms with E-state index in [0.29, 0.717) is 24.1 Å². The highest BCUT2D eigenvalue weighted by Crippen LogP contribution is 2.41. The molecule has 1 amide bonds. The molecule has 6 nitrogen and oxygen atoms in total. The number of nitrogens with one attached hydrogen (secondary N) is 1. The topological polar surface area (TPSA) is 63.3 Å². The summed E-state index contributed by atoms with van der Waals surface area (Å²) < 4.78 is 8.26. The van der Waals surface area contributed by atoms with Crippen molar-refractivity contribution in [2.24, 2.45) is 0 Å². The van der Waals surface area contributed by atoms with Crippen LogP contribution >= 0.6 is 35.2 Å². The molecule has 3 aromatic rings. The number of fused-ring (bicyclic) bond motifs is 1. The van der Waals surface area contributed by atoms with Crippen LogP contribution in [-0.4, -0.2) is 40.7 Å². The van der Waals surface area contributed by atoms with Crippen molar-refractivity contribution in [3.8, 4) is 10.8 Å². The van der Waals surface area contributed by atoms with Crippen molar-refractivity contribution in [1.82, 2.24) is 20.0 Å². The zero-order valence-electron chi connectivity index (χ0n) is 14.5. The second-order valence-corrected chi connectivity index (χ2v) is 7.70. The highest BCUT2D eigenvalue weighted by Gasteiger charge is 2.18. The van der Waals surface area contributed by atoms with Crippen molar-refractivity contribution in [3.05, 3.63) is 34.1 Å². The molecule has 0 spiro atoms. The van der Waals surface area contributed by atoms with Gasteiger partial charge in [-0.25, -0.2) is 4.68 Å². The first-order chi connectivity index (χ1) is 12.5. The third kappa shape index (κ3) is 4.15. The molecule has 0 bridgehead atoms. The van der Waals surface area contributed by atoms with Gasteiger partial charge in [0.2, 0.25) is 5.91 Å². The molecule has 0 saturated carbocycles. The SMILES string of the molecule is CCCNC(=O)CN(C)Cn1nc(-c2sc3ccccc3c2Cl)oc1=S. The Morgan fingerprint density at radius 2 is 2.23 bits per heavy atom. The predicted molar refractivity (Wildman–Crippen MR) is 107 cm³/mol. The third-order valence-corrected chi connectivity index (χ3v) is 5.65. The van der Waals surface area contributed by atoms with Crippen molar-refractivity contribution in [2.45, 2.75) is 20.0 Å². The minimum Gasteiger partial charge on any atom is -0.408 e. The van der Waals surface area contributed by atoms with Crippen LogP contribution in [0.2, 0.25) is 5.02 Å². The molecule has 2 aromatic heterocycles. The van der Waals surface area contributed by atoms with Gasteiger partial charge in [-0.2, -0.15) is 0 Å². The summed E-state index contributed by atoms with van der Waals surface area (Å²) in [5.41, 5.74) is 0. The number of nitrogens with zero attached hydrogens (tertiary/aromatic N) is 3. The Hall–Kier alpha value is -1.74. The first-order valence-corrected chi connectivity index (χ1v) is 9.80. The summed E-state index contributed by atoms with van der Waals surface area (Å²) in [6.07, 6.45) is 0.906. The van der Waals surface area contributed by atoms with E-state index in [1.54, 1.807) is 4.68 Å². The summed E-state index contributed by atoms with van der Waals surface area (Å²) in [5, 5.41) is 8.86. The van der Waals surface area contributed by atoms with E-state index in [-0.39, 0.29) is 17.3 Å². The fourth-order valence-electron chi connectivity index (χ4n) is 2.48. The van der Waals surface area contributed by atoms with Gasteiger partial charge in [-0.15, -0.1) is 16.4 Å². The van der Waals surface area contributed by atoms with Crippen molar-refractivity contribution < 1.29 is 9.21 Å². The molecule has 1 N–H and O–H groups in total. The Morgan fingerprint density at radius 3 is 2.96 bits per heavy atom. The maximum atomic E-state index is 11.8. The number of hydrogen-bond donors (Lipinski definition) is 1. The molecule has 9 heteroatoms. The molecule has 3 rings (SSSR count). The van der Waals surface area contributed by atoms with E-state index in [2.05, 4.69) is 10.4 Å². The van der Waals surface area contributed by atoms with E-state index in [0.717, 1.165) is 21.4 Å². The summed E-state index contributed by atoms with van der Waals surface area (Å²) in [5.74, 6) is 0.363. The number of rotatable bonds is 7. The van der Waals surface area contributed by atoms with Crippen LogP contribution in [0.25, 0.3) is 20.9 Å². The number of carbonyl (C=O) groups is 1. The Kier molecular flexibility index (Phi) is 6.08. The number of amides is 1. The first-order valence-electron chi connectivity index (χ1n) is 8.20. The maximum Gasteiger partial charge on any atom is 0.288 e. The summed E-state index contributed by atoms with van der Waals surface area (Å²) >= 11 is 13.3. The molecular formula is C17H19ClN4O2S2. The predicted octanol–water partition coefficient (Wildman–Crippen LogP) is 4.16. The number of thiophene rings is 1. The second-order valence-electron chi connectivity index (χ2n) is 5.92. The van der Waals surface area contributed by atoms with Gasteiger partial charge in [0.25, 0.3) is 10.7 Å². The van der Waals surface area contributed by atoms with Gasteiger partial charge in [0.05, 0.1) is 18.2 Å². The molecule has 2 heterocycles. The molecular weight excluding hydrogens is 392 g/mol. The molecule has 0 saturated heterocycles. The van der Waals surface area contributed by atoms with E-state index in [1.807, 2.05) is 43.1 Å². The van der Waals surface area contributed by atoms with Crippen LogP contribution in [0.5, 0.6) is 0 Å². The Balaban J connectivity index is 1.77. The van der Waals surface area contributed by atoms with Crippen LogP contribution < -0.4 is 5.32 Å². The average molecular weight is 411 g/mol. The van der Waals surface area contributed by atoms with Gasteiger partial charge in [0.15, 0.2) is 0 Å². The quantitative estimate of drug-likeness (QED) is 0.592. The first kappa shape index (κ1) is 19.0. The van der Waals surface area contributed by atoms with E-state index in [1.165, 1.54) is 11.3 Å². The van der Waals surface area contributed by atoms with Gasteiger partial charge in [0, 0.05) is 16.6 Å². The number of hydrogen-bond acceptors (Lipinski definition) is 6. The zero-order chi connectivity index (χ0) is 18.7. The minimum atomic E-state index is -0.0304. The molecule has 26 heavy (non-hydrogen) atoms. The Morgan fingerprint density at radius 1 is 1.46 bits per heavy atom. The van der Waals surface area contributed by atoms with Gasteiger partial charge in [-0.1, -0.05) is 36.7 Å². The number of benzene rings is 1. The normalized spacial score (nSPS) is 11.4. The smallest absolute Gasteiger partial charge is 0.288 e. The fraction of sp³-hybridized carbons (Fsp3) is 0.353. The van der Waals surface area contributed by atoms with Gasteiger partial charge in [-0.3, -0.25) is 9.69 Å². The van der Waals surface area contributed by atoms with E-state index in [4.69, 9.17) is 28.2 Å². The van der Waals surface area contributed by atoms with Crippen LogP contribution in [0.3, 0.4) is 0 Å².